The number of H-pyrrole nitrogens is 1. The van der Waals surface area contributed by atoms with Crippen LogP contribution in [0.25, 0.3) is 0 Å². The zero-order valence-corrected chi connectivity index (χ0v) is 17.2. The molecule has 1 aromatic carbocycles. The summed E-state index contributed by atoms with van der Waals surface area (Å²) >= 11 is 0. The average molecular weight is 410 g/mol. The number of aromatic nitrogens is 2. The van der Waals surface area contributed by atoms with Crippen molar-refractivity contribution in [3.63, 3.8) is 0 Å². The van der Waals surface area contributed by atoms with Gasteiger partial charge in [-0.1, -0.05) is 12.1 Å². The molecule has 0 unspecified atom stereocenters. The van der Waals surface area contributed by atoms with Gasteiger partial charge in [0.05, 0.1) is 6.33 Å². The third-order valence-corrected chi connectivity index (χ3v) is 7.15. The summed E-state index contributed by atoms with van der Waals surface area (Å²) in [6.07, 6.45) is 5.66. The lowest BCUT2D eigenvalue weighted by Crippen LogP contribution is -2.66. The fourth-order valence-electron chi connectivity index (χ4n) is 5.83. The normalized spacial score (nSPS) is 28.4. The van der Waals surface area contributed by atoms with Crippen molar-refractivity contribution in [3.8, 4) is 0 Å². The molecule has 7 heteroatoms. The third-order valence-electron chi connectivity index (χ3n) is 7.15. The van der Waals surface area contributed by atoms with Gasteiger partial charge >= 0.3 is 0 Å². The van der Waals surface area contributed by atoms with Gasteiger partial charge in [0.15, 0.2) is 0 Å². The van der Waals surface area contributed by atoms with Gasteiger partial charge in [-0.15, -0.1) is 0 Å². The Morgan fingerprint density at radius 1 is 1.30 bits per heavy atom. The number of imidazole rings is 1. The van der Waals surface area contributed by atoms with Gasteiger partial charge in [-0.3, -0.25) is 9.59 Å². The number of hydrogen-bond acceptors (Lipinski definition) is 3. The maximum Gasteiger partial charge on any atom is 0.274 e. The minimum absolute atomic E-state index is 0.00303. The Morgan fingerprint density at radius 3 is 2.90 bits per heavy atom. The van der Waals surface area contributed by atoms with Crippen LogP contribution in [0.1, 0.15) is 47.4 Å². The lowest BCUT2D eigenvalue weighted by Gasteiger charge is -2.56. The van der Waals surface area contributed by atoms with Crippen molar-refractivity contribution in [3.05, 3.63) is 53.4 Å². The predicted octanol–water partition coefficient (Wildman–Crippen LogP) is 2.94. The summed E-state index contributed by atoms with van der Waals surface area (Å²) in [7, 11) is 0. The highest BCUT2D eigenvalue weighted by Crippen LogP contribution is 2.42. The Balaban J connectivity index is 1.45. The van der Waals surface area contributed by atoms with Crippen molar-refractivity contribution in [1.82, 2.24) is 19.8 Å². The molecular weight excluding hydrogens is 383 g/mol. The highest BCUT2D eigenvalue weighted by molar-refractivity contribution is 5.93. The molecule has 3 saturated heterocycles. The van der Waals surface area contributed by atoms with Crippen LogP contribution in [0.15, 0.2) is 30.6 Å². The average Bonchev–Trinajstić information content (AvgIpc) is 3.16. The molecule has 0 saturated carbocycles. The van der Waals surface area contributed by atoms with Gasteiger partial charge in [0.1, 0.15) is 11.5 Å². The van der Waals surface area contributed by atoms with Crippen LogP contribution < -0.4 is 0 Å². The number of rotatable bonds is 3. The van der Waals surface area contributed by atoms with Crippen LogP contribution >= 0.6 is 0 Å². The van der Waals surface area contributed by atoms with Crippen LogP contribution in [0.2, 0.25) is 0 Å². The number of piperidine rings is 3. The summed E-state index contributed by atoms with van der Waals surface area (Å²) in [6, 6.07) is 6.82. The molecule has 1 N–H and O–H groups in total. The number of likely N-dealkylation sites (tertiary alicyclic amines) is 1. The van der Waals surface area contributed by atoms with E-state index in [4.69, 9.17) is 0 Å². The van der Waals surface area contributed by atoms with Gasteiger partial charge in [0.2, 0.25) is 5.91 Å². The summed E-state index contributed by atoms with van der Waals surface area (Å²) in [4.78, 5) is 37.3. The number of hydrogen-bond donors (Lipinski definition) is 1. The summed E-state index contributed by atoms with van der Waals surface area (Å²) in [5, 5.41) is 0. The van der Waals surface area contributed by atoms with E-state index in [1.165, 1.54) is 6.07 Å². The number of benzene rings is 1. The van der Waals surface area contributed by atoms with Crippen molar-refractivity contribution in [2.75, 3.05) is 13.1 Å². The lowest BCUT2D eigenvalue weighted by atomic mass is 9.70. The number of carbonyl (C=O) groups excluding carboxylic acids is 2. The van der Waals surface area contributed by atoms with Gasteiger partial charge in [-0.25, -0.2) is 9.37 Å². The Morgan fingerprint density at radius 2 is 2.13 bits per heavy atom. The molecule has 5 rings (SSSR count). The fraction of sp³-hybridized carbons (Fsp3) is 0.522. The van der Waals surface area contributed by atoms with Crippen LogP contribution in [0, 0.1) is 24.6 Å². The van der Waals surface area contributed by atoms with E-state index < -0.39 is 0 Å². The first kappa shape index (κ1) is 19.3. The molecule has 30 heavy (non-hydrogen) atoms. The Hall–Kier alpha value is -2.70. The number of nitrogens with zero attached hydrogens (tertiary/aromatic N) is 3. The first-order valence-corrected chi connectivity index (χ1v) is 10.9. The standard InChI is InChI=1S/C23H27FN4O2/c1-14-22(26-13-25-14)23(30)27-11-16-10-17(12-27)20(9-15-4-2-5-18(24)8-15)28-19(16)6-3-7-21(28)29/h2,4-5,8,13,16-17,19-20H,3,6-7,9-12H2,1H3,(H,25,26)/t16-,17+,19+,20+/m1/s1. The van der Waals surface area contributed by atoms with Crippen molar-refractivity contribution < 1.29 is 14.0 Å². The van der Waals surface area contributed by atoms with Crippen molar-refractivity contribution in [1.29, 1.82) is 0 Å². The maximum atomic E-state index is 13.8. The summed E-state index contributed by atoms with van der Waals surface area (Å²) < 4.78 is 13.8. The second kappa shape index (κ2) is 7.52. The topological polar surface area (TPSA) is 69.3 Å². The molecule has 1 aromatic heterocycles. The van der Waals surface area contributed by atoms with Crippen LogP contribution in [-0.4, -0.2) is 56.8 Å². The van der Waals surface area contributed by atoms with Crippen LogP contribution in [0.3, 0.4) is 0 Å². The second-order valence-electron chi connectivity index (χ2n) is 9.00. The molecule has 2 amide bonds. The van der Waals surface area contributed by atoms with Gasteiger partial charge < -0.3 is 14.8 Å². The number of aromatic amines is 1. The van der Waals surface area contributed by atoms with Crippen molar-refractivity contribution in [2.24, 2.45) is 11.8 Å². The number of amides is 2. The lowest BCUT2D eigenvalue weighted by molar-refractivity contribution is -0.151. The first-order valence-electron chi connectivity index (χ1n) is 10.9. The fourth-order valence-corrected chi connectivity index (χ4v) is 5.83. The van der Waals surface area contributed by atoms with Crippen molar-refractivity contribution >= 4 is 11.8 Å². The van der Waals surface area contributed by atoms with Gasteiger partial charge in [-0.05, 0) is 62.1 Å². The maximum absolute atomic E-state index is 13.8. The van der Waals surface area contributed by atoms with Crippen LogP contribution in [0.4, 0.5) is 4.39 Å². The quantitative estimate of drug-likeness (QED) is 0.846. The van der Waals surface area contributed by atoms with E-state index in [2.05, 4.69) is 14.9 Å². The molecule has 0 aliphatic carbocycles. The van der Waals surface area contributed by atoms with E-state index in [1.807, 2.05) is 17.9 Å². The minimum Gasteiger partial charge on any atom is -0.348 e. The Bertz CT molecular complexity index is 974. The zero-order chi connectivity index (χ0) is 20.8. The highest BCUT2D eigenvalue weighted by atomic mass is 19.1. The van der Waals surface area contributed by atoms with Gasteiger partial charge in [0.25, 0.3) is 5.91 Å². The summed E-state index contributed by atoms with van der Waals surface area (Å²) in [6.45, 7) is 3.14. The molecule has 3 fully saturated rings. The van der Waals surface area contributed by atoms with Crippen molar-refractivity contribution in [2.45, 2.75) is 51.1 Å². The second-order valence-corrected chi connectivity index (χ2v) is 9.00. The van der Waals surface area contributed by atoms with Gasteiger partial charge in [-0.2, -0.15) is 0 Å². The zero-order valence-electron chi connectivity index (χ0n) is 17.2. The Kier molecular flexibility index (Phi) is 4.83. The molecule has 2 aromatic rings. The largest absolute Gasteiger partial charge is 0.348 e. The van der Waals surface area contributed by atoms with E-state index in [9.17, 15) is 14.0 Å². The summed E-state index contributed by atoms with van der Waals surface area (Å²) in [5.41, 5.74) is 2.16. The molecule has 0 radical (unpaired) electrons. The van der Waals surface area contributed by atoms with Crippen LogP contribution in [-0.2, 0) is 11.2 Å². The molecule has 3 aliphatic heterocycles. The number of carbonyl (C=O) groups is 2. The molecule has 0 spiro atoms. The number of aryl methyl sites for hydroxylation is 1. The number of fused-ring (bicyclic) bond motifs is 4. The molecule has 4 heterocycles. The molecular formula is C23H27FN4O2. The molecule has 4 atom stereocenters. The van der Waals surface area contributed by atoms with E-state index in [1.54, 1.807) is 18.5 Å². The third kappa shape index (κ3) is 3.30. The van der Waals surface area contributed by atoms with E-state index in [0.717, 1.165) is 30.5 Å². The number of halogens is 1. The summed E-state index contributed by atoms with van der Waals surface area (Å²) in [5.74, 6) is 0.402. The molecule has 3 aliphatic rings. The smallest absolute Gasteiger partial charge is 0.274 e. The first-order chi connectivity index (χ1) is 14.5. The predicted molar refractivity (Wildman–Crippen MR) is 109 cm³/mol. The van der Waals surface area contributed by atoms with Crippen LogP contribution in [0.5, 0.6) is 0 Å². The van der Waals surface area contributed by atoms with E-state index >= 15 is 0 Å². The molecule has 158 valence electrons. The van der Waals surface area contributed by atoms with E-state index in [-0.39, 0.29) is 35.6 Å². The number of nitrogens with one attached hydrogen (secondary N) is 1. The molecule has 6 nitrogen and oxygen atoms in total. The molecule has 2 bridgehead atoms. The highest BCUT2D eigenvalue weighted by Gasteiger charge is 2.50. The SMILES string of the molecule is Cc1[nH]cnc1C(=O)N1C[C@H]2C[C@@H](C1)[C@H](Cc1cccc(F)c1)N1C(=O)CCC[C@@H]21. The van der Waals surface area contributed by atoms with Gasteiger partial charge in [0, 0.05) is 37.3 Å². The monoisotopic (exact) mass is 410 g/mol. The minimum atomic E-state index is -0.253. The Labute approximate surface area is 175 Å². The van der Waals surface area contributed by atoms with E-state index in [0.29, 0.717) is 37.5 Å².